The van der Waals surface area contributed by atoms with Gasteiger partial charge < -0.3 is 10.2 Å². The minimum absolute atomic E-state index is 0.202. The van der Waals surface area contributed by atoms with Crippen molar-refractivity contribution in [3.8, 4) is 0 Å². The summed E-state index contributed by atoms with van der Waals surface area (Å²) < 4.78 is 29.2. The van der Waals surface area contributed by atoms with Crippen LogP contribution in [0.5, 0.6) is 0 Å². The number of halogens is 2. The number of fused-ring (bicyclic) bond motifs is 1. The molecular weight excluding hydrogens is 352 g/mol. The Labute approximate surface area is 156 Å². The van der Waals surface area contributed by atoms with Crippen LogP contribution in [0.3, 0.4) is 0 Å². The van der Waals surface area contributed by atoms with Gasteiger partial charge in [-0.1, -0.05) is 12.1 Å². The molecule has 1 amide bonds. The smallest absolute Gasteiger partial charge is 0.276 e. The molecule has 1 N–H and O–H groups in total. The lowest BCUT2D eigenvalue weighted by Gasteiger charge is -2.36. The van der Waals surface area contributed by atoms with Crippen LogP contribution in [-0.2, 0) is 6.42 Å². The molecule has 8 heteroatoms. The van der Waals surface area contributed by atoms with E-state index in [2.05, 4.69) is 15.6 Å². The van der Waals surface area contributed by atoms with Gasteiger partial charge in [-0.05, 0) is 56.0 Å². The third-order valence-corrected chi connectivity index (χ3v) is 5.70. The molecule has 1 saturated heterocycles. The average molecular weight is 375 g/mol. The van der Waals surface area contributed by atoms with Crippen LogP contribution in [0, 0.1) is 18.6 Å². The van der Waals surface area contributed by atoms with Crippen molar-refractivity contribution in [1.29, 1.82) is 0 Å². The maximum atomic E-state index is 13.8. The van der Waals surface area contributed by atoms with Crippen molar-refractivity contribution < 1.29 is 13.6 Å². The summed E-state index contributed by atoms with van der Waals surface area (Å²) in [5, 5.41) is 11.6. The monoisotopic (exact) mass is 375 g/mol. The molecule has 0 aliphatic carbocycles. The van der Waals surface area contributed by atoms with Gasteiger partial charge in [0.05, 0.1) is 17.8 Å². The van der Waals surface area contributed by atoms with Gasteiger partial charge in [0.25, 0.3) is 5.91 Å². The summed E-state index contributed by atoms with van der Waals surface area (Å²) in [6.45, 7) is 5.99. The maximum Gasteiger partial charge on any atom is 0.276 e. The lowest BCUT2D eigenvalue weighted by atomic mass is 9.90. The predicted octanol–water partition coefficient (Wildman–Crippen LogP) is 2.55. The Balaban J connectivity index is 1.65. The summed E-state index contributed by atoms with van der Waals surface area (Å²) in [5.41, 5.74) is 2.54. The van der Waals surface area contributed by atoms with E-state index >= 15 is 0 Å². The van der Waals surface area contributed by atoms with Crippen molar-refractivity contribution in [2.45, 2.75) is 45.2 Å². The molecule has 2 aliphatic heterocycles. The fourth-order valence-electron chi connectivity index (χ4n) is 4.25. The van der Waals surface area contributed by atoms with Crippen molar-refractivity contribution in [3.05, 3.63) is 46.3 Å². The number of hydrogen-bond donors (Lipinski definition) is 1. The number of nitrogens with zero attached hydrogens (tertiary/aromatic N) is 4. The predicted molar refractivity (Wildman–Crippen MR) is 95.4 cm³/mol. The molecular formula is C19H23F2N5O. The van der Waals surface area contributed by atoms with Gasteiger partial charge in [-0.15, -0.1) is 5.10 Å². The number of nitrogens with one attached hydrogen (secondary N) is 1. The lowest BCUT2D eigenvalue weighted by molar-refractivity contribution is 0.0647. The zero-order chi connectivity index (χ0) is 19.1. The van der Waals surface area contributed by atoms with Gasteiger partial charge >= 0.3 is 0 Å². The van der Waals surface area contributed by atoms with E-state index in [0.717, 1.165) is 30.8 Å². The standard InChI is InChI=1S/C19H23F2N5O/c1-3-17-14-9-16(21)15(20)8-12(14)5-7-25(17)19(27)18-11(2)26(24-23-18)13-4-6-22-10-13/h8-9,13,17,22H,3-7,10H2,1-2H3. The van der Waals surface area contributed by atoms with Gasteiger partial charge in [-0.3, -0.25) is 4.79 Å². The second-order valence-electron chi connectivity index (χ2n) is 7.25. The van der Waals surface area contributed by atoms with Crippen LogP contribution < -0.4 is 5.32 Å². The van der Waals surface area contributed by atoms with E-state index in [4.69, 9.17) is 0 Å². The van der Waals surface area contributed by atoms with Crippen molar-refractivity contribution in [2.24, 2.45) is 0 Å². The number of carbonyl (C=O) groups is 1. The van der Waals surface area contributed by atoms with E-state index in [1.54, 1.807) is 4.90 Å². The lowest BCUT2D eigenvalue weighted by Crippen LogP contribution is -2.40. The third-order valence-electron chi connectivity index (χ3n) is 5.70. The molecule has 2 aliphatic rings. The van der Waals surface area contributed by atoms with Crippen molar-refractivity contribution >= 4 is 5.91 Å². The molecule has 2 atom stereocenters. The normalized spacial score (nSPS) is 22.1. The van der Waals surface area contributed by atoms with Crippen LogP contribution in [0.15, 0.2) is 12.1 Å². The number of amides is 1. The van der Waals surface area contributed by atoms with Crippen LogP contribution in [0.2, 0.25) is 0 Å². The molecule has 0 radical (unpaired) electrons. The number of carbonyl (C=O) groups excluding carboxylic acids is 1. The molecule has 27 heavy (non-hydrogen) atoms. The van der Waals surface area contributed by atoms with E-state index in [1.807, 2.05) is 18.5 Å². The molecule has 4 rings (SSSR count). The first-order chi connectivity index (χ1) is 13.0. The summed E-state index contributed by atoms with van der Waals surface area (Å²) in [6.07, 6.45) is 2.06. The zero-order valence-corrected chi connectivity index (χ0v) is 15.5. The Morgan fingerprint density at radius 3 is 2.81 bits per heavy atom. The number of rotatable bonds is 3. The van der Waals surface area contributed by atoms with E-state index < -0.39 is 11.6 Å². The van der Waals surface area contributed by atoms with Crippen LogP contribution in [0.1, 0.15) is 59.2 Å². The highest BCUT2D eigenvalue weighted by Crippen LogP contribution is 2.34. The molecule has 0 spiro atoms. The van der Waals surface area contributed by atoms with Crippen molar-refractivity contribution in [1.82, 2.24) is 25.2 Å². The molecule has 1 fully saturated rings. The highest BCUT2D eigenvalue weighted by Gasteiger charge is 2.34. The Bertz CT molecular complexity index is 875. The highest BCUT2D eigenvalue weighted by atomic mass is 19.2. The van der Waals surface area contributed by atoms with Gasteiger partial charge in [-0.25, -0.2) is 13.5 Å². The quantitative estimate of drug-likeness (QED) is 0.896. The molecule has 144 valence electrons. The van der Waals surface area contributed by atoms with Gasteiger partial charge in [0, 0.05) is 13.1 Å². The molecule has 1 aromatic carbocycles. The summed E-state index contributed by atoms with van der Waals surface area (Å²) in [7, 11) is 0. The summed E-state index contributed by atoms with van der Waals surface area (Å²) in [6, 6.07) is 2.39. The molecule has 6 nitrogen and oxygen atoms in total. The maximum absolute atomic E-state index is 13.8. The molecule has 2 aromatic rings. The summed E-state index contributed by atoms with van der Waals surface area (Å²) in [4.78, 5) is 14.9. The number of benzene rings is 1. The fourth-order valence-corrected chi connectivity index (χ4v) is 4.25. The van der Waals surface area contributed by atoms with Crippen LogP contribution in [-0.4, -0.2) is 45.4 Å². The summed E-state index contributed by atoms with van der Waals surface area (Å²) in [5.74, 6) is -1.92. The Hall–Kier alpha value is -2.35. The molecule has 2 unspecified atom stereocenters. The first-order valence-corrected chi connectivity index (χ1v) is 9.42. The second kappa shape index (κ2) is 6.99. The second-order valence-corrected chi connectivity index (χ2v) is 7.25. The van der Waals surface area contributed by atoms with E-state index in [1.165, 1.54) is 12.1 Å². The fraction of sp³-hybridized carbons (Fsp3) is 0.526. The van der Waals surface area contributed by atoms with Crippen LogP contribution in [0.4, 0.5) is 8.78 Å². The topological polar surface area (TPSA) is 63.1 Å². The largest absolute Gasteiger partial charge is 0.330 e. The van der Waals surface area contributed by atoms with Gasteiger partial charge in [0.2, 0.25) is 0 Å². The number of hydrogen-bond acceptors (Lipinski definition) is 4. The van der Waals surface area contributed by atoms with Gasteiger partial charge in [-0.2, -0.15) is 0 Å². The molecule has 0 saturated carbocycles. The average Bonchev–Trinajstić information content (AvgIpc) is 3.30. The number of aromatic nitrogens is 3. The van der Waals surface area contributed by atoms with E-state index in [0.29, 0.717) is 30.6 Å². The first-order valence-electron chi connectivity index (χ1n) is 9.42. The minimum atomic E-state index is -0.877. The highest BCUT2D eigenvalue weighted by molar-refractivity contribution is 5.93. The summed E-state index contributed by atoms with van der Waals surface area (Å²) >= 11 is 0. The third kappa shape index (κ3) is 3.01. The zero-order valence-electron chi connectivity index (χ0n) is 15.5. The van der Waals surface area contributed by atoms with Crippen LogP contribution in [0.25, 0.3) is 0 Å². The van der Waals surface area contributed by atoms with E-state index in [9.17, 15) is 13.6 Å². The van der Waals surface area contributed by atoms with Crippen LogP contribution >= 0.6 is 0 Å². The molecule has 0 bridgehead atoms. The SMILES string of the molecule is CCC1c2cc(F)c(F)cc2CCN1C(=O)c1nnn(C2CCNC2)c1C. The minimum Gasteiger partial charge on any atom is -0.330 e. The van der Waals surface area contributed by atoms with E-state index in [-0.39, 0.29) is 18.0 Å². The molecule has 1 aromatic heterocycles. The Morgan fingerprint density at radius 2 is 2.11 bits per heavy atom. The Morgan fingerprint density at radius 1 is 1.33 bits per heavy atom. The molecule has 3 heterocycles. The van der Waals surface area contributed by atoms with Gasteiger partial charge in [0.1, 0.15) is 0 Å². The van der Waals surface area contributed by atoms with Gasteiger partial charge in [0.15, 0.2) is 17.3 Å². The van der Waals surface area contributed by atoms with Crippen molar-refractivity contribution in [3.63, 3.8) is 0 Å². The van der Waals surface area contributed by atoms with Crippen molar-refractivity contribution in [2.75, 3.05) is 19.6 Å². The Kier molecular flexibility index (Phi) is 4.67. The first kappa shape index (κ1) is 18.0.